The molecular formula is C9H6N2OS. The Morgan fingerprint density at radius 1 is 1.15 bits per heavy atom. The molecule has 0 aliphatic heterocycles. The molecule has 2 rings (SSSR count). The van der Waals surface area contributed by atoms with E-state index in [1.54, 1.807) is 0 Å². The molecule has 13 heavy (non-hydrogen) atoms. The molecule has 3 nitrogen and oxygen atoms in total. The van der Waals surface area contributed by atoms with Crippen LogP contribution < -0.4 is 0 Å². The lowest BCUT2D eigenvalue weighted by molar-refractivity contribution is 0.112. The molecule has 0 radical (unpaired) electrons. The summed E-state index contributed by atoms with van der Waals surface area (Å²) in [5, 5.41) is 0. The summed E-state index contributed by atoms with van der Waals surface area (Å²) in [7, 11) is 0. The third-order valence-electron chi connectivity index (χ3n) is 1.67. The minimum atomic E-state index is 0.413. The number of hydrogen-bond acceptors (Lipinski definition) is 4. The Morgan fingerprint density at radius 3 is 2.62 bits per heavy atom. The van der Waals surface area contributed by atoms with Crippen LogP contribution in [0, 0.1) is 0 Å². The van der Waals surface area contributed by atoms with Gasteiger partial charge < -0.3 is 0 Å². The van der Waals surface area contributed by atoms with Gasteiger partial charge in [-0.25, -0.2) is 0 Å². The van der Waals surface area contributed by atoms with Gasteiger partial charge in [0.1, 0.15) is 11.4 Å². The van der Waals surface area contributed by atoms with Gasteiger partial charge in [-0.15, -0.1) is 0 Å². The van der Waals surface area contributed by atoms with E-state index in [0.29, 0.717) is 11.4 Å². The van der Waals surface area contributed by atoms with Crippen LogP contribution >= 0.6 is 11.7 Å². The number of benzene rings is 1. The third kappa shape index (κ3) is 1.48. The molecule has 0 N–H and O–H groups in total. The molecule has 0 saturated heterocycles. The average molecular weight is 190 g/mol. The third-order valence-corrected chi connectivity index (χ3v) is 2.22. The summed E-state index contributed by atoms with van der Waals surface area (Å²) in [4.78, 5) is 10.6. The fraction of sp³-hybridized carbons (Fsp3) is 0. The first kappa shape index (κ1) is 8.07. The zero-order valence-electron chi connectivity index (χ0n) is 6.68. The highest BCUT2D eigenvalue weighted by atomic mass is 32.1. The highest BCUT2D eigenvalue weighted by Crippen LogP contribution is 2.19. The number of hydrogen-bond donors (Lipinski definition) is 0. The van der Waals surface area contributed by atoms with Gasteiger partial charge in [0.05, 0.1) is 11.7 Å². The second kappa shape index (κ2) is 3.45. The van der Waals surface area contributed by atoms with Gasteiger partial charge in [0.25, 0.3) is 0 Å². The van der Waals surface area contributed by atoms with Crippen molar-refractivity contribution < 1.29 is 4.79 Å². The van der Waals surface area contributed by atoms with Crippen molar-refractivity contribution in [3.63, 3.8) is 0 Å². The van der Waals surface area contributed by atoms with Gasteiger partial charge in [-0.3, -0.25) is 4.79 Å². The van der Waals surface area contributed by atoms with Crippen molar-refractivity contribution in [3.05, 3.63) is 36.0 Å². The molecule has 0 atom stereocenters. The lowest BCUT2D eigenvalue weighted by Gasteiger charge is -1.94. The predicted molar refractivity (Wildman–Crippen MR) is 50.7 cm³/mol. The summed E-state index contributed by atoms with van der Waals surface area (Å²) in [5.74, 6) is 0. The van der Waals surface area contributed by atoms with E-state index in [4.69, 9.17) is 0 Å². The first-order chi connectivity index (χ1) is 6.42. The monoisotopic (exact) mass is 190 g/mol. The van der Waals surface area contributed by atoms with E-state index >= 15 is 0 Å². The minimum absolute atomic E-state index is 0.413. The fourth-order valence-electron chi connectivity index (χ4n) is 1.07. The van der Waals surface area contributed by atoms with Crippen LogP contribution in [0.15, 0.2) is 30.3 Å². The highest BCUT2D eigenvalue weighted by molar-refractivity contribution is 6.99. The maximum Gasteiger partial charge on any atom is 0.171 e. The zero-order valence-corrected chi connectivity index (χ0v) is 7.49. The molecule has 0 amide bonds. The van der Waals surface area contributed by atoms with Gasteiger partial charge in [-0.1, -0.05) is 30.3 Å². The largest absolute Gasteiger partial charge is 0.296 e. The van der Waals surface area contributed by atoms with Crippen molar-refractivity contribution in [2.75, 3.05) is 0 Å². The molecule has 64 valence electrons. The molecule has 1 aromatic carbocycles. The van der Waals surface area contributed by atoms with E-state index in [1.165, 1.54) is 0 Å². The van der Waals surface area contributed by atoms with Crippen LogP contribution in [0.5, 0.6) is 0 Å². The van der Waals surface area contributed by atoms with Crippen LogP contribution in [-0.4, -0.2) is 15.0 Å². The summed E-state index contributed by atoms with van der Waals surface area (Å²) < 4.78 is 7.93. The van der Waals surface area contributed by atoms with Crippen molar-refractivity contribution in [1.29, 1.82) is 0 Å². The average Bonchev–Trinajstić information content (AvgIpc) is 2.67. The van der Waals surface area contributed by atoms with Gasteiger partial charge in [-0.2, -0.15) is 8.75 Å². The second-order valence-corrected chi connectivity index (χ2v) is 3.01. The quantitative estimate of drug-likeness (QED) is 0.680. The van der Waals surface area contributed by atoms with Gasteiger partial charge >= 0.3 is 0 Å². The molecular weight excluding hydrogens is 184 g/mol. The molecule has 0 unspecified atom stereocenters. The van der Waals surface area contributed by atoms with Gasteiger partial charge in [-0.05, 0) is 0 Å². The van der Waals surface area contributed by atoms with E-state index in [1.807, 2.05) is 30.3 Å². The summed E-state index contributed by atoms with van der Waals surface area (Å²) in [6.45, 7) is 0. The van der Waals surface area contributed by atoms with Crippen LogP contribution in [0.3, 0.4) is 0 Å². The van der Waals surface area contributed by atoms with Gasteiger partial charge in [0.15, 0.2) is 6.29 Å². The number of aldehydes is 1. The maximum atomic E-state index is 10.6. The Labute approximate surface area is 79.4 Å². The number of carbonyl (C=O) groups excluding carboxylic acids is 1. The van der Waals surface area contributed by atoms with Crippen molar-refractivity contribution in [1.82, 2.24) is 8.75 Å². The molecule has 2 aromatic rings. The topological polar surface area (TPSA) is 42.9 Å². The minimum Gasteiger partial charge on any atom is -0.296 e. The number of rotatable bonds is 2. The summed E-state index contributed by atoms with van der Waals surface area (Å²) >= 11 is 1.05. The van der Waals surface area contributed by atoms with E-state index in [-0.39, 0.29) is 0 Å². The van der Waals surface area contributed by atoms with Crippen molar-refractivity contribution in [3.8, 4) is 11.3 Å². The molecule has 0 aliphatic carbocycles. The predicted octanol–water partition coefficient (Wildman–Crippen LogP) is 2.02. The Hall–Kier alpha value is -1.55. The van der Waals surface area contributed by atoms with E-state index in [0.717, 1.165) is 23.6 Å². The summed E-state index contributed by atoms with van der Waals surface area (Å²) in [5.41, 5.74) is 2.01. The molecule has 1 aromatic heterocycles. The van der Waals surface area contributed by atoms with E-state index < -0.39 is 0 Å². The van der Waals surface area contributed by atoms with Crippen LogP contribution in [0.25, 0.3) is 11.3 Å². The Kier molecular flexibility index (Phi) is 2.14. The zero-order chi connectivity index (χ0) is 9.10. The van der Waals surface area contributed by atoms with Crippen LogP contribution in [-0.2, 0) is 0 Å². The molecule has 0 spiro atoms. The second-order valence-electron chi connectivity index (χ2n) is 2.48. The normalized spacial score (nSPS) is 9.85. The maximum absolute atomic E-state index is 10.6. The molecule has 0 bridgehead atoms. The first-order valence-corrected chi connectivity index (χ1v) is 4.48. The first-order valence-electron chi connectivity index (χ1n) is 3.75. The van der Waals surface area contributed by atoms with Crippen molar-refractivity contribution in [2.45, 2.75) is 0 Å². The number of carbonyl (C=O) groups is 1. The van der Waals surface area contributed by atoms with Gasteiger partial charge in [0, 0.05) is 5.56 Å². The Bertz CT molecular complexity index is 411. The standard InChI is InChI=1S/C9H6N2OS/c12-6-8-9(11-13-10-8)7-4-2-1-3-5-7/h1-6H. The molecule has 0 saturated carbocycles. The van der Waals surface area contributed by atoms with Gasteiger partial charge in [0.2, 0.25) is 0 Å². The lowest BCUT2D eigenvalue weighted by atomic mass is 10.1. The Balaban J connectivity index is 2.52. The molecule has 0 aliphatic rings. The SMILES string of the molecule is O=Cc1nsnc1-c1ccccc1. The van der Waals surface area contributed by atoms with E-state index in [9.17, 15) is 4.79 Å². The number of nitrogens with zero attached hydrogens (tertiary/aromatic N) is 2. The molecule has 0 fully saturated rings. The number of aromatic nitrogens is 2. The Morgan fingerprint density at radius 2 is 1.92 bits per heavy atom. The van der Waals surface area contributed by atoms with Crippen molar-refractivity contribution >= 4 is 18.0 Å². The fourth-order valence-corrected chi connectivity index (χ4v) is 1.61. The van der Waals surface area contributed by atoms with Crippen LogP contribution in [0.2, 0.25) is 0 Å². The van der Waals surface area contributed by atoms with Crippen LogP contribution in [0.1, 0.15) is 10.5 Å². The molecule has 4 heteroatoms. The summed E-state index contributed by atoms with van der Waals surface area (Å²) in [6, 6.07) is 9.55. The summed E-state index contributed by atoms with van der Waals surface area (Å²) in [6.07, 6.45) is 0.728. The van der Waals surface area contributed by atoms with Crippen molar-refractivity contribution in [2.24, 2.45) is 0 Å². The van der Waals surface area contributed by atoms with Crippen LogP contribution in [0.4, 0.5) is 0 Å². The molecule has 1 heterocycles. The lowest BCUT2D eigenvalue weighted by Crippen LogP contribution is -1.84. The van der Waals surface area contributed by atoms with E-state index in [2.05, 4.69) is 8.75 Å². The highest BCUT2D eigenvalue weighted by Gasteiger charge is 2.07. The smallest absolute Gasteiger partial charge is 0.171 e.